The zero-order valence-electron chi connectivity index (χ0n) is 6.51. The van der Waals surface area contributed by atoms with Gasteiger partial charge >= 0.3 is 68.9 Å². The summed E-state index contributed by atoms with van der Waals surface area (Å²) in [5.41, 5.74) is 3.28. The van der Waals surface area contributed by atoms with Crippen molar-refractivity contribution in [1.82, 2.24) is 0 Å². The Hall–Kier alpha value is 0.490. The first-order valence-electron chi connectivity index (χ1n) is 3.52. The van der Waals surface area contributed by atoms with Crippen LogP contribution in [0.1, 0.15) is 11.1 Å². The second-order valence-electron chi connectivity index (χ2n) is 2.84. The molecule has 0 amide bonds. The molecule has 1 heterocycles. The molecule has 0 fully saturated rings. The first-order chi connectivity index (χ1) is 4.86. The minimum absolute atomic E-state index is 0. The van der Waals surface area contributed by atoms with E-state index < -0.39 is 19.6 Å². The number of hydrogen-bond acceptors (Lipinski definition) is 0. The molecule has 0 radical (unpaired) electrons. The summed E-state index contributed by atoms with van der Waals surface area (Å²) in [7, 11) is 0. The van der Waals surface area contributed by atoms with Crippen LogP contribution in [0.2, 0.25) is 4.97 Å². The molecule has 2 rings (SSSR count). The van der Waals surface area contributed by atoms with Crippen LogP contribution in [0.4, 0.5) is 0 Å². The van der Waals surface area contributed by atoms with Gasteiger partial charge in [-0.3, -0.25) is 0 Å². The Balaban J connectivity index is 0.000000605. The maximum Gasteiger partial charge on any atom is -1.00 e. The van der Waals surface area contributed by atoms with E-state index in [1.54, 1.807) is 11.1 Å². The summed E-state index contributed by atoms with van der Waals surface area (Å²) < 4.78 is 2.92. The van der Waals surface area contributed by atoms with Crippen LogP contribution in [-0.4, -0.2) is 19.6 Å². The van der Waals surface area contributed by atoms with Gasteiger partial charge in [-0.05, 0) is 0 Å². The van der Waals surface area contributed by atoms with E-state index in [1.807, 2.05) is 0 Å². The van der Waals surface area contributed by atoms with Crippen molar-refractivity contribution in [2.24, 2.45) is 0 Å². The molecule has 11 heavy (non-hydrogen) atoms. The maximum absolute atomic E-state index is 2.49. The van der Waals surface area contributed by atoms with Gasteiger partial charge in [0.25, 0.3) is 0 Å². The molecule has 60 valence electrons. The minimum atomic E-state index is -0.608. The topological polar surface area (TPSA) is 0 Å². The fourth-order valence-electron chi connectivity index (χ4n) is 1.42. The van der Waals surface area contributed by atoms with E-state index in [1.165, 1.54) is 8.94 Å². The third kappa shape index (κ3) is 1.99. The van der Waals surface area contributed by atoms with Gasteiger partial charge < -0.3 is 17.0 Å². The molecule has 1 aliphatic rings. The SMILES string of the molecule is C[Te+]1Cc2ccccc2C1.[Br-]. The number of hydrogen-bond donors (Lipinski definition) is 0. The third-order valence-electron chi connectivity index (χ3n) is 1.92. The van der Waals surface area contributed by atoms with Gasteiger partial charge in [0.05, 0.1) is 0 Å². The van der Waals surface area contributed by atoms with Crippen molar-refractivity contribution >= 4 is 19.6 Å². The summed E-state index contributed by atoms with van der Waals surface area (Å²) in [5, 5.41) is 0. The zero-order valence-corrected chi connectivity index (χ0v) is 10.4. The standard InChI is InChI=1S/C9H11Te.BrH/c1-10-6-8-4-2-3-5-9(8)7-10;/h2-5H,6-7H2,1H3;1H/q+1;/p-1. The molecule has 1 aromatic carbocycles. The van der Waals surface area contributed by atoms with Crippen LogP contribution in [0.3, 0.4) is 0 Å². The zero-order chi connectivity index (χ0) is 6.97. The molecular weight excluding hydrogens is 316 g/mol. The van der Waals surface area contributed by atoms with E-state index in [0.717, 1.165) is 0 Å². The van der Waals surface area contributed by atoms with Gasteiger partial charge in [-0.1, -0.05) is 0 Å². The molecule has 0 unspecified atom stereocenters. The van der Waals surface area contributed by atoms with E-state index in [0.29, 0.717) is 0 Å². The monoisotopic (exact) mass is 328 g/mol. The summed E-state index contributed by atoms with van der Waals surface area (Å²) >= 11 is -0.608. The van der Waals surface area contributed by atoms with Crippen molar-refractivity contribution < 1.29 is 17.0 Å². The van der Waals surface area contributed by atoms with E-state index in [-0.39, 0.29) is 17.0 Å². The Morgan fingerprint density at radius 1 is 1.09 bits per heavy atom. The summed E-state index contributed by atoms with van der Waals surface area (Å²) in [6, 6.07) is 8.91. The van der Waals surface area contributed by atoms with Crippen molar-refractivity contribution in [3.05, 3.63) is 35.4 Å². The van der Waals surface area contributed by atoms with E-state index in [9.17, 15) is 0 Å². The molecule has 0 bridgehead atoms. The number of halogens is 1. The van der Waals surface area contributed by atoms with Crippen LogP contribution >= 0.6 is 0 Å². The summed E-state index contributed by atoms with van der Waals surface area (Å²) in [6.07, 6.45) is 0. The molecule has 0 saturated heterocycles. The van der Waals surface area contributed by atoms with Gasteiger partial charge in [-0.2, -0.15) is 0 Å². The van der Waals surface area contributed by atoms with Crippen molar-refractivity contribution in [3.63, 3.8) is 0 Å². The Labute approximate surface area is 85.4 Å². The summed E-state index contributed by atoms with van der Waals surface area (Å²) in [4.78, 5) is 2.49. The van der Waals surface area contributed by atoms with Crippen LogP contribution in [0.15, 0.2) is 24.3 Å². The second kappa shape index (κ2) is 3.94. The molecule has 0 aromatic heterocycles. The van der Waals surface area contributed by atoms with Crippen LogP contribution in [0, 0.1) is 0 Å². The van der Waals surface area contributed by atoms with Gasteiger partial charge in [-0.25, -0.2) is 0 Å². The quantitative estimate of drug-likeness (QED) is 0.536. The number of fused-ring (bicyclic) bond motifs is 1. The van der Waals surface area contributed by atoms with Crippen molar-refractivity contribution in [2.45, 2.75) is 13.9 Å². The van der Waals surface area contributed by atoms with Crippen LogP contribution in [0.5, 0.6) is 0 Å². The molecule has 1 aliphatic heterocycles. The largest absolute Gasteiger partial charge is 1.00 e. The van der Waals surface area contributed by atoms with Crippen molar-refractivity contribution in [1.29, 1.82) is 0 Å². The van der Waals surface area contributed by atoms with Crippen LogP contribution in [0.25, 0.3) is 0 Å². The molecule has 0 N–H and O–H groups in total. The van der Waals surface area contributed by atoms with Gasteiger partial charge in [0.15, 0.2) is 0 Å². The number of rotatable bonds is 0. The van der Waals surface area contributed by atoms with Gasteiger partial charge in [0, 0.05) is 0 Å². The van der Waals surface area contributed by atoms with Crippen molar-refractivity contribution in [3.8, 4) is 0 Å². The fourth-order valence-corrected chi connectivity index (χ4v) is 6.35. The second-order valence-corrected chi connectivity index (χ2v) is 8.95. The Morgan fingerprint density at radius 2 is 1.55 bits per heavy atom. The van der Waals surface area contributed by atoms with E-state index >= 15 is 0 Å². The van der Waals surface area contributed by atoms with Crippen LogP contribution in [-0.2, 0) is 8.94 Å². The minimum Gasteiger partial charge on any atom is -1.00 e. The Morgan fingerprint density at radius 3 is 2.00 bits per heavy atom. The molecule has 0 aliphatic carbocycles. The van der Waals surface area contributed by atoms with E-state index in [4.69, 9.17) is 0 Å². The summed E-state index contributed by atoms with van der Waals surface area (Å²) in [6.45, 7) is 0. The molecule has 0 nitrogen and oxygen atoms in total. The molecule has 0 saturated carbocycles. The smallest absolute Gasteiger partial charge is 1.00 e. The predicted molar refractivity (Wildman–Crippen MR) is 45.5 cm³/mol. The first kappa shape index (κ1) is 9.58. The first-order valence-corrected chi connectivity index (χ1v) is 9.15. The molecule has 2 heteroatoms. The van der Waals surface area contributed by atoms with Gasteiger partial charge in [-0.15, -0.1) is 0 Å². The average Bonchev–Trinajstić information content (AvgIpc) is 2.27. The third-order valence-corrected chi connectivity index (χ3v) is 6.51. The molecule has 1 aromatic rings. The molecule has 0 spiro atoms. The number of benzene rings is 1. The summed E-state index contributed by atoms with van der Waals surface area (Å²) in [5.74, 6) is 0. The fraction of sp³-hybridized carbons (Fsp3) is 0.333. The Kier molecular flexibility index (Phi) is 3.43. The van der Waals surface area contributed by atoms with Gasteiger partial charge in [0.1, 0.15) is 0 Å². The average molecular weight is 327 g/mol. The Bertz CT molecular complexity index is 222. The molecule has 0 atom stereocenters. The predicted octanol–water partition coefficient (Wildman–Crippen LogP) is -1.01. The van der Waals surface area contributed by atoms with Crippen LogP contribution < -0.4 is 17.0 Å². The molecular formula is C9H11BrTe. The normalized spacial score (nSPS) is 15.7. The van der Waals surface area contributed by atoms with E-state index in [2.05, 4.69) is 29.2 Å². The van der Waals surface area contributed by atoms with Gasteiger partial charge in [0.2, 0.25) is 0 Å². The van der Waals surface area contributed by atoms with Crippen molar-refractivity contribution in [2.75, 3.05) is 0 Å². The maximum atomic E-state index is 2.49.